The fraction of sp³-hybridized carbons (Fsp3) is 0.381. The van der Waals surface area contributed by atoms with Crippen LogP contribution in [0.4, 0.5) is 28.0 Å². The van der Waals surface area contributed by atoms with Gasteiger partial charge in [-0.05, 0) is 37.5 Å². The first kappa shape index (κ1) is 24.9. The Bertz CT molecular complexity index is 1120. The number of anilines is 1. The summed E-state index contributed by atoms with van der Waals surface area (Å²) in [6, 6.07) is 3.09. The van der Waals surface area contributed by atoms with E-state index in [9.17, 15) is 30.8 Å². The third-order valence-electron chi connectivity index (χ3n) is 5.33. The topological polar surface area (TPSA) is 81.8 Å². The highest BCUT2D eigenvalue weighted by Gasteiger charge is 2.27. The minimum Gasteiger partial charge on any atom is -0.324 e. The highest BCUT2D eigenvalue weighted by atomic mass is 32.2. The Balaban J connectivity index is 1.81. The molecule has 0 unspecified atom stereocenters. The Morgan fingerprint density at radius 1 is 1.03 bits per heavy atom. The number of benzene rings is 2. The second-order valence-corrected chi connectivity index (χ2v) is 9.77. The molecule has 180 valence electrons. The van der Waals surface area contributed by atoms with Crippen LogP contribution in [0.3, 0.4) is 0 Å². The smallest absolute Gasteiger partial charge is 0.321 e. The number of carbonyl (C=O) groups excluding carboxylic acids is 1. The van der Waals surface area contributed by atoms with Crippen LogP contribution in [0.2, 0.25) is 0 Å². The van der Waals surface area contributed by atoms with Crippen LogP contribution in [0.25, 0.3) is 11.1 Å². The zero-order valence-corrected chi connectivity index (χ0v) is 18.9. The molecule has 12 heteroatoms. The van der Waals surface area contributed by atoms with E-state index >= 15 is 0 Å². The van der Waals surface area contributed by atoms with E-state index in [-0.39, 0.29) is 13.1 Å². The molecule has 0 aliphatic carbocycles. The van der Waals surface area contributed by atoms with Gasteiger partial charge in [-0.2, -0.15) is 17.4 Å². The molecule has 0 saturated carbocycles. The lowest BCUT2D eigenvalue weighted by Crippen LogP contribution is -2.43. The molecule has 2 aromatic rings. The molecule has 0 spiro atoms. The lowest BCUT2D eigenvalue weighted by atomic mass is 10.0. The van der Waals surface area contributed by atoms with Gasteiger partial charge in [0.2, 0.25) is 0 Å². The van der Waals surface area contributed by atoms with Crippen LogP contribution < -0.4 is 10.0 Å². The van der Waals surface area contributed by atoms with Crippen LogP contribution in [0, 0.1) is 23.3 Å². The number of amides is 2. The number of nitrogens with one attached hydrogen (secondary N) is 2. The third kappa shape index (κ3) is 5.81. The predicted molar refractivity (Wildman–Crippen MR) is 116 cm³/mol. The normalized spacial score (nSPS) is 17.2. The first-order valence-electron chi connectivity index (χ1n) is 10.2. The molecule has 0 radical (unpaired) electrons. The number of halogens is 4. The van der Waals surface area contributed by atoms with Gasteiger partial charge in [-0.25, -0.2) is 22.4 Å². The Kier molecular flexibility index (Phi) is 7.60. The number of likely N-dealkylation sites (tertiary alicyclic amines) is 1. The van der Waals surface area contributed by atoms with Crippen LogP contribution in [0.5, 0.6) is 0 Å². The number of nitrogens with zero attached hydrogens (tertiary/aromatic N) is 2. The van der Waals surface area contributed by atoms with E-state index in [1.165, 1.54) is 19.0 Å². The van der Waals surface area contributed by atoms with E-state index in [2.05, 4.69) is 10.0 Å². The molecule has 1 aliphatic rings. The van der Waals surface area contributed by atoms with Gasteiger partial charge >= 0.3 is 6.03 Å². The summed E-state index contributed by atoms with van der Waals surface area (Å²) in [6.45, 7) is 0.400. The highest BCUT2D eigenvalue weighted by Crippen LogP contribution is 2.35. The summed E-state index contributed by atoms with van der Waals surface area (Å²) in [5.74, 6) is -4.33. The van der Waals surface area contributed by atoms with Crippen molar-refractivity contribution >= 4 is 21.9 Å². The van der Waals surface area contributed by atoms with Crippen molar-refractivity contribution in [2.24, 2.45) is 0 Å². The van der Waals surface area contributed by atoms with E-state index in [1.54, 1.807) is 0 Å². The average molecular weight is 489 g/mol. The first-order valence-corrected chi connectivity index (χ1v) is 11.6. The van der Waals surface area contributed by atoms with Crippen LogP contribution in [-0.2, 0) is 10.2 Å². The summed E-state index contributed by atoms with van der Waals surface area (Å²) in [4.78, 5) is 14.2. The van der Waals surface area contributed by atoms with Gasteiger partial charge in [-0.1, -0.05) is 6.07 Å². The second kappa shape index (κ2) is 10.1. The van der Waals surface area contributed by atoms with Crippen LogP contribution in [0.15, 0.2) is 30.3 Å². The molecule has 1 atom stereocenters. The second-order valence-electron chi connectivity index (χ2n) is 7.86. The molecule has 2 aromatic carbocycles. The molecular weight excluding hydrogens is 464 g/mol. The molecule has 7 nitrogen and oxygen atoms in total. The van der Waals surface area contributed by atoms with E-state index in [4.69, 9.17) is 0 Å². The Morgan fingerprint density at radius 2 is 1.70 bits per heavy atom. The summed E-state index contributed by atoms with van der Waals surface area (Å²) >= 11 is 0. The van der Waals surface area contributed by atoms with Crippen LogP contribution >= 0.6 is 0 Å². The maximum Gasteiger partial charge on any atom is 0.321 e. The largest absolute Gasteiger partial charge is 0.324 e. The minimum absolute atomic E-state index is 0.151. The summed E-state index contributed by atoms with van der Waals surface area (Å²) in [5.41, 5.74) is -1.69. The van der Waals surface area contributed by atoms with Gasteiger partial charge in [0.25, 0.3) is 10.2 Å². The fourth-order valence-corrected chi connectivity index (χ4v) is 4.44. The van der Waals surface area contributed by atoms with Gasteiger partial charge in [-0.3, -0.25) is 0 Å². The molecule has 1 heterocycles. The summed E-state index contributed by atoms with van der Waals surface area (Å²) in [5, 5.41) is 2.30. The van der Waals surface area contributed by atoms with Crippen molar-refractivity contribution < 1.29 is 30.8 Å². The Morgan fingerprint density at radius 3 is 2.33 bits per heavy atom. The molecule has 0 aromatic heterocycles. The summed E-state index contributed by atoms with van der Waals surface area (Å²) < 4.78 is 84.7. The maximum atomic E-state index is 14.6. The van der Waals surface area contributed by atoms with Crippen molar-refractivity contribution in [3.63, 3.8) is 0 Å². The lowest BCUT2D eigenvalue weighted by Gasteiger charge is -2.23. The average Bonchev–Trinajstić information content (AvgIpc) is 2.95. The molecule has 33 heavy (non-hydrogen) atoms. The van der Waals surface area contributed by atoms with Crippen LogP contribution in [-0.4, -0.2) is 56.9 Å². The molecule has 3 rings (SSSR count). The van der Waals surface area contributed by atoms with Gasteiger partial charge < -0.3 is 10.2 Å². The maximum absolute atomic E-state index is 14.6. The van der Waals surface area contributed by atoms with Gasteiger partial charge in [0.15, 0.2) is 0 Å². The van der Waals surface area contributed by atoms with Gasteiger partial charge in [0.1, 0.15) is 23.3 Å². The summed E-state index contributed by atoms with van der Waals surface area (Å²) in [6.07, 6.45) is 1.25. The van der Waals surface area contributed by atoms with Gasteiger partial charge in [0, 0.05) is 44.9 Å². The Labute approximate surface area is 189 Å². The van der Waals surface area contributed by atoms with Crippen LogP contribution in [0.1, 0.15) is 19.3 Å². The molecule has 2 N–H and O–H groups in total. The molecule has 0 bridgehead atoms. The van der Waals surface area contributed by atoms with Gasteiger partial charge in [-0.15, -0.1) is 0 Å². The number of hydrogen-bond donors (Lipinski definition) is 2. The Hall–Kier alpha value is -2.70. The monoisotopic (exact) mass is 488 g/mol. The predicted octanol–water partition coefficient (Wildman–Crippen LogP) is 3.69. The van der Waals surface area contributed by atoms with Gasteiger partial charge in [0.05, 0.1) is 11.3 Å². The first-order chi connectivity index (χ1) is 15.5. The fourth-order valence-electron chi connectivity index (χ4n) is 3.57. The minimum atomic E-state index is -3.65. The SMILES string of the molecule is CN(C)S(=O)(=O)N[C@H]1CCCN(C(=O)Nc2c(F)cc(F)cc2-c2c(F)cccc2F)CC1. The lowest BCUT2D eigenvalue weighted by molar-refractivity contribution is 0.213. The molecule has 1 aliphatic heterocycles. The van der Waals surface area contributed by atoms with Crippen molar-refractivity contribution in [1.82, 2.24) is 13.9 Å². The zero-order valence-electron chi connectivity index (χ0n) is 18.0. The molecule has 2 amide bonds. The number of hydrogen-bond acceptors (Lipinski definition) is 3. The van der Waals surface area contributed by atoms with Crippen molar-refractivity contribution in [3.05, 3.63) is 53.6 Å². The van der Waals surface area contributed by atoms with E-state index in [0.717, 1.165) is 28.6 Å². The highest BCUT2D eigenvalue weighted by molar-refractivity contribution is 7.87. The standard InChI is InChI=1S/C21H24F4N4O3S/c1-28(2)33(31,32)27-14-5-4-9-29(10-8-14)21(30)26-20-15(11-13(22)12-18(20)25)19-16(23)6-3-7-17(19)24/h3,6-7,11-12,14,27H,4-5,8-10H2,1-2H3,(H,26,30)/t14-/m0/s1. The van der Waals surface area contributed by atoms with Crippen molar-refractivity contribution in [2.45, 2.75) is 25.3 Å². The molecule has 1 fully saturated rings. The third-order valence-corrected chi connectivity index (χ3v) is 6.92. The number of carbonyl (C=O) groups is 1. The van der Waals surface area contributed by atoms with Crippen molar-refractivity contribution in [2.75, 3.05) is 32.5 Å². The zero-order chi connectivity index (χ0) is 24.3. The quantitative estimate of drug-likeness (QED) is 0.630. The van der Waals surface area contributed by atoms with Crippen molar-refractivity contribution in [3.8, 4) is 11.1 Å². The van der Waals surface area contributed by atoms with E-state index in [0.29, 0.717) is 25.3 Å². The van der Waals surface area contributed by atoms with E-state index in [1.807, 2.05) is 0 Å². The van der Waals surface area contributed by atoms with E-state index < -0.39 is 62.4 Å². The van der Waals surface area contributed by atoms with Crippen molar-refractivity contribution in [1.29, 1.82) is 0 Å². The number of rotatable bonds is 5. The molecular formula is C21H24F4N4O3S. The summed E-state index contributed by atoms with van der Waals surface area (Å²) in [7, 11) is -0.857. The number of urea groups is 1. The molecule has 1 saturated heterocycles.